The molecule has 0 bridgehead atoms. The highest BCUT2D eigenvalue weighted by Crippen LogP contribution is 2.64. The van der Waals surface area contributed by atoms with Gasteiger partial charge in [0.05, 0.1) is 6.10 Å². The molecule has 2 aliphatic rings. The highest BCUT2D eigenvalue weighted by atomic mass is 16.3. The van der Waals surface area contributed by atoms with Gasteiger partial charge in [0.2, 0.25) is 0 Å². The van der Waals surface area contributed by atoms with Crippen LogP contribution < -0.4 is 0 Å². The van der Waals surface area contributed by atoms with Gasteiger partial charge in [-0.25, -0.2) is 0 Å². The Morgan fingerprint density at radius 2 is 2.00 bits per heavy atom. The van der Waals surface area contributed by atoms with E-state index >= 15 is 0 Å². The van der Waals surface area contributed by atoms with Crippen LogP contribution in [0.15, 0.2) is 24.3 Å². The van der Waals surface area contributed by atoms with Gasteiger partial charge in [-0.3, -0.25) is 0 Å². The van der Waals surface area contributed by atoms with Crippen LogP contribution in [-0.4, -0.2) is 11.2 Å². The van der Waals surface area contributed by atoms with Crippen LogP contribution in [0.1, 0.15) is 30.4 Å². The SMILES string of the molecule is Cc1ccc(C23CCC(O)C2C3)cc1. The number of hydrogen-bond donors (Lipinski definition) is 1. The highest BCUT2D eigenvalue weighted by molar-refractivity contribution is 5.38. The van der Waals surface area contributed by atoms with Crippen LogP contribution in [0.4, 0.5) is 0 Å². The lowest BCUT2D eigenvalue weighted by Crippen LogP contribution is -2.06. The van der Waals surface area contributed by atoms with E-state index in [9.17, 15) is 5.11 Å². The summed E-state index contributed by atoms with van der Waals surface area (Å²) in [6, 6.07) is 8.86. The Morgan fingerprint density at radius 3 is 2.50 bits per heavy atom. The largest absolute Gasteiger partial charge is 0.393 e. The Morgan fingerprint density at radius 1 is 1.29 bits per heavy atom. The summed E-state index contributed by atoms with van der Waals surface area (Å²) in [6.07, 6.45) is 3.36. The average Bonchev–Trinajstić information content (AvgIpc) is 2.84. The van der Waals surface area contributed by atoms with E-state index < -0.39 is 0 Å². The molecule has 1 heteroatoms. The van der Waals surface area contributed by atoms with Crippen molar-refractivity contribution in [1.29, 1.82) is 0 Å². The van der Waals surface area contributed by atoms with E-state index in [1.807, 2.05) is 0 Å². The summed E-state index contributed by atoms with van der Waals surface area (Å²) >= 11 is 0. The maximum Gasteiger partial charge on any atom is 0.0577 e. The first-order valence-electron chi connectivity index (χ1n) is 5.48. The smallest absolute Gasteiger partial charge is 0.0577 e. The Balaban J connectivity index is 1.94. The predicted octanol–water partition coefficient (Wildman–Crippen LogP) is 2.41. The van der Waals surface area contributed by atoms with Gasteiger partial charge in [-0.1, -0.05) is 29.8 Å². The lowest BCUT2D eigenvalue weighted by Gasteiger charge is -2.11. The number of fused-ring (bicyclic) bond motifs is 1. The molecule has 0 aliphatic heterocycles. The zero-order valence-electron chi connectivity index (χ0n) is 8.53. The molecule has 2 fully saturated rings. The second-order valence-corrected chi connectivity index (χ2v) is 4.94. The minimum Gasteiger partial charge on any atom is -0.393 e. The molecular weight excluding hydrogens is 172 g/mol. The summed E-state index contributed by atoms with van der Waals surface area (Å²) in [5, 5.41) is 9.72. The van der Waals surface area contributed by atoms with Crippen LogP contribution in [-0.2, 0) is 5.41 Å². The fourth-order valence-electron chi connectivity index (χ4n) is 3.09. The van der Waals surface area contributed by atoms with Crippen LogP contribution in [0.3, 0.4) is 0 Å². The van der Waals surface area contributed by atoms with Gasteiger partial charge in [-0.2, -0.15) is 0 Å². The van der Waals surface area contributed by atoms with Crippen LogP contribution in [0.2, 0.25) is 0 Å². The van der Waals surface area contributed by atoms with Gasteiger partial charge in [0.25, 0.3) is 0 Å². The standard InChI is InChI=1S/C13H16O/c1-9-2-4-10(5-3-9)13-7-6-12(14)11(13)8-13/h2-5,11-12,14H,6-8H2,1H3. The number of aliphatic hydroxyl groups is 1. The fourth-order valence-corrected chi connectivity index (χ4v) is 3.09. The van der Waals surface area contributed by atoms with Crippen LogP contribution in [0.5, 0.6) is 0 Å². The van der Waals surface area contributed by atoms with E-state index in [4.69, 9.17) is 0 Å². The van der Waals surface area contributed by atoms with Gasteiger partial charge in [0.15, 0.2) is 0 Å². The van der Waals surface area contributed by atoms with Crippen molar-refractivity contribution in [3.8, 4) is 0 Å². The van der Waals surface area contributed by atoms with Gasteiger partial charge in [0, 0.05) is 5.41 Å². The number of aliphatic hydroxyl groups excluding tert-OH is 1. The molecule has 2 aliphatic carbocycles. The maximum atomic E-state index is 9.72. The van der Waals surface area contributed by atoms with E-state index in [1.54, 1.807) is 0 Å². The zero-order chi connectivity index (χ0) is 9.76. The fraction of sp³-hybridized carbons (Fsp3) is 0.538. The van der Waals surface area contributed by atoms with Gasteiger partial charge < -0.3 is 5.11 Å². The molecule has 0 heterocycles. The summed E-state index contributed by atoms with van der Waals surface area (Å²) in [6.45, 7) is 2.12. The summed E-state index contributed by atoms with van der Waals surface area (Å²) in [5.41, 5.74) is 3.14. The van der Waals surface area contributed by atoms with Gasteiger partial charge >= 0.3 is 0 Å². The van der Waals surface area contributed by atoms with E-state index in [2.05, 4.69) is 31.2 Å². The van der Waals surface area contributed by atoms with Crippen molar-refractivity contribution < 1.29 is 5.11 Å². The molecule has 74 valence electrons. The van der Waals surface area contributed by atoms with Crippen molar-refractivity contribution >= 4 is 0 Å². The predicted molar refractivity (Wildman–Crippen MR) is 56.2 cm³/mol. The molecule has 3 rings (SSSR count). The third-order valence-corrected chi connectivity index (χ3v) is 4.11. The Labute approximate surface area is 84.8 Å². The van der Waals surface area contributed by atoms with Crippen molar-refractivity contribution in [1.82, 2.24) is 0 Å². The van der Waals surface area contributed by atoms with Gasteiger partial charge in [0.1, 0.15) is 0 Å². The van der Waals surface area contributed by atoms with Crippen LogP contribution in [0.25, 0.3) is 0 Å². The Bertz CT molecular complexity index is 354. The van der Waals surface area contributed by atoms with E-state index in [1.165, 1.54) is 24.0 Å². The second kappa shape index (κ2) is 2.60. The summed E-state index contributed by atoms with van der Waals surface area (Å²) < 4.78 is 0. The lowest BCUT2D eigenvalue weighted by atomic mass is 9.93. The molecule has 1 N–H and O–H groups in total. The monoisotopic (exact) mass is 188 g/mol. The molecule has 0 spiro atoms. The molecule has 0 amide bonds. The molecule has 0 radical (unpaired) electrons. The first-order chi connectivity index (χ1) is 6.72. The van der Waals surface area contributed by atoms with Crippen molar-refractivity contribution in [3.05, 3.63) is 35.4 Å². The normalized spacial score (nSPS) is 39.6. The van der Waals surface area contributed by atoms with Gasteiger partial charge in [-0.15, -0.1) is 0 Å². The van der Waals surface area contributed by atoms with E-state index in [0.717, 1.165) is 6.42 Å². The molecule has 1 aromatic rings. The molecule has 0 saturated heterocycles. The first-order valence-corrected chi connectivity index (χ1v) is 5.48. The Kier molecular flexibility index (Phi) is 1.58. The number of hydrogen-bond acceptors (Lipinski definition) is 1. The molecule has 1 aromatic carbocycles. The minimum absolute atomic E-state index is 0.0312. The van der Waals surface area contributed by atoms with Crippen LogP contribution in [0, 0.1) is 12.8 Å². The molecule has 14 heavy (non-hydrogen) atoms. The molecule has 1 nitrogen and oxygen atoms in total. The third-order valence-electron chi connectivity index (χ3n) is 4.11. The third kappa shape index (κ3) is 0.992. The summed E-state index contributed by atoms with van der Waals surface area (Å²) in [7, 11) is 0. The van der Waals surface area contributed by atoms with Crippen LogP contribution >= 0.6 is 0 Å². The van der Waals surface area contributed by atoms with E-state index in [-0.39, 0.29) is 6.10 Å². The van der Waals surface area contributed by atoms with Crippen molar-refractivity contribution in [2.45, 2.75) is 37.7 Å². The van der Waals surface area contributed by atoms with Crippen molar-refractivity contribution in [3.63, 3.8) is 0 Å². The zero-order valence-corrected chi connectivity index (χ0v) is 8.53. The van der Waals surface area contributed by atoms with Gasteiger partial charge in [-0.05, 0) is 37.7 Å². The average molecular weight is 188 g/mol. The minimum atomic E-state index is -0.0312. The van der Waals surface area contributed by atoms with E-state index in [0.29, 0.717) is 11.3 Å². The maximum absolute atomic E-state index is 9.72. The lowest BCUT2D eigenvalue weighted by molar-refractivity contribution is 0.159. The summed E-state index contributed by atoms with van der Waals surface area (Å²) in [5.74, 6) is 0.560. The molecule has 2 saturated carbocycles. The number of aryl methyl sites for hydroxylation is 1. The molecule has 3 unspecified atom stereocenters. The molecule has 3 atom stereocenters. The molecular formula is C13H16O. The molecule has 0 aromatic heterocycles. The highest BCUT2D eigenvalue weighted by Gasteiger charge is 2.61. The van der Waals surface area contributed by atoms with Crippen molar-refractivity contribution in [2.75, 3.05) is 0 Å². The number of benzene rings is 1. The quantitative estimate of drug-likeness (QED) is 0.717. The van der Waals surface area contributed by atoms with Crippen molar-refractivity contribution in [2.24, 2.45) is 5.92 Å². The topological polar surface area (TPSA) is 20.2 Å². The Hall–Kier alpha value is -0.820. The second-order valence-electron chi connectivity index (χ2n) is 4.94. The summed E-state index contributed by atoms with van der Waals surface area (Å²) in [4.78, 5) is 0. The first kappa shape index (κ1) is 8.49. The number of rotatable bonds is 1.